The lowest BCUT2D eigenvalue weighted by Gasteiger charge is -2.57. The lowest BCUT2D eigenvalue weighted by molar-refractivity contribution is -0.209. The molecule has 2 aliphatic carbocycles. The van der Waals surface area contributed by atoms with Crippen molar-refractivity contribution in [3.63, 3.8) is 0 Å². The van der Waals surface area contributed by atoms with Crippen molar-refractivity contribution >= 4 is 5.97 Å². The van der Waals surface area contributed by atoms with Gasteiger partial charge in [-0.3, -0.25) is 4.79 Å². The van der Waals surface area contributed by atoms with Crippen LogP contribution in [0.15, 0.2) is 0 Å². The number of rotatable bonds is 2. The van der Waals surface area contributed by atoms with E-state index in [1.807, 2.05) is 0 Å². The van der Waals surface area contributed by atoms with Gasteiger partial charge >= 0.3 is 5.97 Å². The molecule has 2 aliphatic rings. The van der Waals surface area contributed by atoms with Gasteiger partial charge in [-0.05, 0) is 31.1 Å². The molecule has 3 heteroatoms. The van der Waals surface area contributed by atoms with Crippen molar-refractivity contribution in [2.45, 2.75) is 58.0 Å². The molecule has 0 amide bonds. The Hall–Kier alpha value is -0.570. The van der Waals surface area contributed by atoms with Gasteiger partial charge in [0.1, 0.15) is 0 Å². The fourth-order valence-electron chi connectivity index (χ4n) is 3.73. The minimum Gasteiger partial charge on any atom is -0.481 e. The number of hydrogen-bond donors (Lipinski definition) is 2. The number of aliphatic hydroxyl groups is 1. The van der Waals surface area contributed by atoms with Crippen LogP contribution in [0.5, 0.6) is 0 Å². The molecule has 2 N–H and O–H groups in total. The molecule has 0 bridgehead atoms. The first kappa shape index (κ1) is 10.9. The molecular weight excluding hydrogens is 192 g/mol. The highest BCUT2D eigenvalue weighted by Crippen LogP contribution is 2.61. The van der Waals surface area contributed by atoms with Gasteiger partial charge in [0.2, 0.25) is 0 Å². The summed E-state index contributed by atoms with van der Waals surface area (Å²) in [5, 5.41) is 19.9. The first-order valence-corrected chi connectivity index (χ1v) is 5.77. The van der Waals surface area contributed by atoms with Crippen molar-refractivity contribution in [2.75, 3.05) is 0 Å². The molecule has 2 saturated carbocycles. The van der Waals surface area contributed by atoms with Crippen molar-refractivity contribution in [3.05, 3.63) is 0 Å². The van der Waals surface area contributed by atoms with Crippen LogP contribution in [0.25, 0.3) is 0 Å². The van der Waals surface area contributed by atoms with Crippen molar-refractivity contribution in [2.24, 2.45) is 10.8 Å². The summed E-state index contributed by atoms with van der Waals surface area (Å²) in [7, 11) is 0. The van der Waals surface area contributed by atoms with Crippen molar-refractivity contribution in [3.8, 4) is 0 Å². The van der Waals surface area contributed by atoms with E-state index in [0.717, 1.165) is 12.8 Å². The first-order valence-electron chi connectivity index (χ1n) is 5.77. The highest BCUT2D eigenvalue weighted by molar-refractivity contribution is 5.77. The van der Waals surface area contributed by atoms with Crippen LogP contribution in [0.1, 0.15) is 52.4 Å². The van der Waals surface area contributed by atoms with Crippen LogP contribution in [0.2, 0.25) is 0 Å². The highest BCUT2D eigenvalue weighted by Gasteiger charge is 2.64. The molecule has 0 unspecified atom stereocenters. The SMILES string of the molecule is CC1(C)CC(O)(C2(C(=O)O)CCCC2)C1. The Morgan fingerprint density at radius 1 is 1.13 bits per heavy atom. The van der Waals surface area contributed by atoms with Gasteiger partial charge in [-0.2, -0.15) is 0 Å². The molecule has 0 aromatic rings. The minimum atomic E-state index is -0.946. The fraction of sp³-hybridized carbons (Fsp3) is 0.917. The van der Waals surface area contributed by atoms with Crippen LogP contribution in [-0.4, -0.2) is 21.8 Å². The molecule has 0 aromatic heterocycles. The molecule has 3 nitrogen and oxygen atoms in total. The third-order valence-electron chi connectivity index (χ3n) is 4.30. The summed E-state index contributed by atoms with van der Waals surface area (Å²) in [6.45, 7) is 4.18. The molecule has 2 fully saturated rings. The van der Waals surface area contributed by atoms with Crippen LogP contribution in [0, 0.1) is 10.8 Å². The van der Waals surface area contributed by atoms with Gasteiger partial charge in [0, 0.05) is 0 Å². The molecule has 0 aromatic carbocycles. The van der Waals surface area contributed by atoms with Crippen LogP contribution >= 0.6 is 0 Å². The minimum absolute atomic E-state index is 0.111. The van der Waals surface area contributed by atoms with Crippen LogP contribution in [0.3, 0.4) is 0 Å². The van der Waals surface area contributed by atoms with Gasteiger partial charge in [-0.25, -0.2) is 0 Å². The second kappa shape index (κ2) is 2.97. The van der Waals surface area contributed by atoms with E-state index in [2.05, 4.69) is 13.8 Å². The van der Waals surface area contributed by atoms with E-state index in [9.17, 15) is 15.0 Å². The van der Waals surface area contributed by atoms with Gasteiger partial charge in [0.05, 0.1) is 11.0 Å². The number of hydrogen-bond acceptors (Lipinski definition) is 2. The molecule has 0 saturated heterocycles. The highest BCUT2D eigenvalue weighted by atomic mass is 16.4. The maximum absolute atomic E-state index is 11.4. The Kier molecular flexibility index (Phi) is 2.16. The predicted octanol–water partition coefficient (Wildman–Crippen LogP) is 2.18. The van der Waals surface area contributed by atoms with Crippen molar-refractivity contribution in [1.29, 1.82) is 0 Å². The maximum atomic E-state index is 11.4. The Balaban J connectivity index is 2.24. The number of aliphatic carboxylic acids is 1. The summed E-state index contributed by atoms with van der Waals surface area (Å²) in [6, 6.07) is 0. The summed E-state index contributed by atoms with van der Waals surface area (Å²) >= 11 is 0. The first-order chi connectivity index (χ1) is 6.81. The normalized spacial score (nSPS) is 30.9. The van der Waals surface area contributed by atoms with Crippen molar-refractivity contribution in [1.82, 2.24) is 0 Å². The molecule has 0 aliphatic heterocycles. The topological polar surface area (TPSA) is 57.5 Å². The second-order valence-corrected chi connectivity index (χ2v) is 6.14. The van der Waals surface area contributed by atoms with E-state index in [1.165, 1.54) is 0 Å². The van der Waals surface area contributed by atoms with E-state index in [1.54, 1.807) is 0 Å². The second-order valence-electron chi connectivity index (χ2n) is 6.14. The van der Waals surface area contributed by atoms with E-state index in [-0.39, 0.29) is 5.41 Å². The molecule has 0 atom stereocenters. The Bertz CT molecular complexity index is 279. The maximum Gasteiger partial charge on any atom is 0.312 e. The zero-order valence-corrected chi connectivity index (χ0v) is 9.55. The summed E-state index contributed by atoms with van der Waals surface area (Å²) < 4.78 is 0. The van der Waals surface area contributed by atoms with Crippen molar-refractivity contribution < 1.29 is 15.0 Å². The zero-order valence-electron chi connectivity index (χ0n) is 9.55. The third kappa shape index (κ3) is 1.40. The molecular formula is C12H20O3. The van der Waals surface area contributed by atoms with Gasteiger partial charge in [-0.1, -0.05) is 26.7 Å². The Morgan fingerprint density at radius 3 is 1.93 bits per heavy atom. The Morgan fingerprint density at radius 2 is 1.60 bits per heavy atom. The lowest BCUT2D eigenvalue weighted by Crippen LogP contribution is -2.62. The molecule has 2 rings (SSSR count). The molecule has 15 heavy (non-hydrogen) atoms. The van der Waals surface area contributed by atoms with E-state index in [4.69, 9.17) is 0 Å². The van der Waals surface area contributed by atoms with Crippen LogP contribution in [0.4, 0.5) is 0 Å². The molecule has 0 spiro atoms. The number of carbonyl (C=O) groups is 1. The van der Waals surface area contributed by atoms with E-state index < -0.39 is 17.0 Å². The standard InChI is InChI=1S/C12H20O3/c1-10(2)7-12(15,8-10)11(9(13)14)5-3-4-6-11/h15H,3-8H2,1-2H3,(H,13,14). The Labute approximate surface area is 90.5 Å². The summed E-state index contributed by atoms with van der Waals surface area (Å²) in [5.74, 6) is -0.794. The summed E-state index contributed by atoms with van der Waals surface area (Å²) in [4.78, 5) is 11.4. The van der Waals surface area contributed by atoms with Crippen LogP contribution < -0.4 is 0 Å². The predicted molar refractivity (Wildman–Crippen MR) is 56.5 cm³/mol. The molecule has 0 heterocycles. The zero-order chi connectivity index (χ0) is 11.3. The quantitative estimate of drug-likeness (QED) is 0.737. The smallest absolute Gasteiger partial charge is 0.312 e. The molecule has 86 valence electrons. The average molecular weight is 212 g/mol. The van der Waals surface area contributed by atoms with Gasteiger partial charge in [0.15, 0.2) is 0 Å². The molecule has 0 radical (unpaired) electrons. The van der Waals surface area contributed by atoms with Gasteiger partial charge in [0.25, 0.3) is 0 Å². The number of carboxylic acids is 1. The van der Waals surface area contributed by atoms with E-state index >= 15 is 0 Å². The number of carboxylic acid groups (broad SMARTS) is 1. The average Bonchev–Trinajstić information content (AvgIpc) is 2.48. The monoisotopic (exact) mass is 212 g/mol. The summed E-state index contributed by atoms with van der Waals surface area (Å²) in [6.07, 6.45) is 4.44. The van der Waals surface area contributed by atoms with E-state index in [0.29, 0.717) is 25.7 Å². The fourth-order valence-corrected chi connectivity index (χ4v) is 3.73. The summed E-state index contributed by atoms with van der Waals surface area (Å²) in [5.41, 5.74) is -1.68. The third-order valence-corrected chi connectivity index (χ3v) is 4.30. The van der Waals surface area contributed by atoms with Crippen LogP contribution in [-0.2, 0) is 4.79 Å². The largest absolute Gasteiger partial charge is 0.481 e. The lowest BCUT2D eigenvalue weighted by atomic mass is 9.51. The van der Waals surface area contributed by atoms with Gasteiger partial charge in [-0.15, -0.1) is 0 Å². The van der Waals surface area contributed by atoms with Gasteiger partial charge < -0.3 is 10.2 Å².